The van der Waals surface area contributed by atoms with Gasteiger partial charge in [-0.3, -0.25) is 9.78 Å². The maximum atomic E-state index is 13.0. The fourth-order valence-corrected chi connectivity index (χ4v) is 6.69. The van der Waals surface area contributed by atoms with E-state index in [0.717, 1.165) is 11.3 Å². The summed E-state index contributed by atoms with van der Waals surface area (Å²) in [7, 11) is -3.84. The van der Waals surface area contributed by atoms with Crippen molar-refractivity contribution < 1.29 is 13.2 Å². The number of sulfonamides is 1. The van der Waals surface area contributed by atoms with Crippen molar-refractivity contribution in [1.82, 2.24) is 14.3 Å². The maximum Gasteiger partial charge on any atom is 0.246 e. The molecule has 4 rings (SSSR count). The first-order valence-corrected chi connectivity index (χ1v) is 12.5. The summed E-state index contributed by atoms with van der Waals surface area (Å²) in [5.41, 5.74) is 1.61. The Kier molecular flexibility index (Phi) is 6.59. The zero-order valence-corrected chi connectivity index (χ0v) is 19.3. The zero-order valence-electron chi connectivity index (χ0n) is 16.2. The van der Waals surface area contributed by atoms with E-state index in [4.69, 9.17) is 23.2 Å². The number of nitrogens with one attached hydrogen (secondary N) is 1. The van der Waals surface area contributed by atoms with Gasteiger partial charge < -0.3 is 5.32 Å². The molecule has 162 valence electrons. The molecule has 1 N–H and O–H groups in total. The number of amides is 1. The second kappa shape index (κ2) is 9.22. The van der Waals surface area contributed by atoms with Gasteiger partial charge in [0.15, 0.2) is 5.13 Å². The van der Waals surface area contributed by atoms with E-state index in [9.17, 15) is 13.2 Å². The van der Waals surface area contributed by atoms with Crippen LogP contribution in [-0.2, 0) is 14.8 Å². The highest BCUT2D eigenvalue weighted by atomic mass is 35.5. The number of halogens is 2. The normalized spacial score (nSPS) is 15.7. The Morgan fingerprint density at radius 1 is 1.13 bits per heavy atom. The van der Waals surface area contributed by atoms with E-state index < -0.39 is 10.0 Å². The van der Waals surface area contributed by atoms with Crippen LogP contribution in [0.1, 0.15) is 12.8 Å². The smallest absolute Gasteiger partial charge is 0.246 e. The first-order valence-electron chi connectivity index (χ1n) is 9.47. The highest BCUT2D eigenvalue weighted by molar-refractivity contribution is 7.89. The number of carbonyl (C=O) groups excluding carboxylic acids is 1. The van der Waals surface area contributed by atoms with Gasteiger partial charge >= 0.3 is 0 Å². The molecular formula is C20H18Cl2N4O3S2. The lowest BCUT2D eigenvalue weighted by molar-refractivity contribution is -0.120. The number of anilines is 1. The van der Waals surface area contributed by atoms with Gasteiger partial charge in [-0.15, -0.1) is 11.3 Å². The predicted octanol–water partition coefficient (Wildman–Crippen LogP) is 4.55. The molecule has 1 fully saturated rings. The second-order valence-corrected chi connectivity index (χ2v) is 10.5. The molecule has 0 radical (unpaired) electrons. The summed E-state index contributed by atoms with van der Waals surface area (Å²) in [6.45, 7) is 0.418. The Morgan fingerprint density at radius 3 is 2.48 bits per heavy atom. The molecule has 7 nitrogen and oxygen atoms in total. The first kappa shape index (κ1) is 22.2. The Labute approximate surface area is 194 Å². The molecular weight excluding hydrogens is 479 g/mol. The lowest BCUT2D eigenvalue weighted by atomic mass is 9.97. The fraction of sp³-hybridized carbons (Fsp3) is 0.250. The Morgan fingerprint density at radius 2 is 1.84 bits per heavy atom. The van der Waals surface area contributed by atoms with Crippen LogP contribution < -0.4 is 5.32 Å². The van der Waals surface area contributed by atoms with Crippen LogP contribution in [0.5, 0.6) is 0 Å². The lowest BCUT2D eigenvalue weighted by Gasteiger charge is -2.30. The second-order valence-electron chi connectivity index (χ2n) is 7.00. The van der Waals surface area contributed by atoms with Crippen molar-refractivity contribution in [2.45, 2.75) is 17.7 Å². The van der Waals surface area contributed by atoms with Gasteiger partial charge in [-0.1, -0.05) is 29.3 Å². The predicted molar refractivity (Wildman–Crippen MR) is 122 cm³/mol. The third kappa shape index (κ3) is 4.75. The quantitative estimate of drug-likeness (QED) is 0.559. The van der Waals surface area contributed by atoms with Crippen LogP contribution in [0, 0.1) is 5.92 Å². The van der Waals surface area contributed by atoms with Crippen LogP contribution in [0.25, 0.3) is 11.3 Å². The van der Waals surface area contributed by atoms with Crippen molar-refractivity contribution in [1.29, 1.82) is 0 Å². The molecule has 0 spiro atoms. The molecule has 0 saturated carbocycles. The topological polar surface area (TPSA) is 92.3 Å². The monoisotopic (exact) mass is 496 g/mol. The van der Waals surface area contributed by atoms with Crippen LogP contribution in [-0.4, -0.2) is 41.7 Å². The van der Waals surface area contributed by atoms with Crippen LogP contribution in [0.3, 0.4) is 0 Å². The van der Waals surface area contributed by atoms with Crippen molar-refractivity contribution in [3.63, 3.8) is 0 Å². The SMILES string of the molecule is O=C(Nc1nc(-c2cccnc2)cs1)C1CCN(S(=O)(=O)c2c(Cl)cccc2Cl)CC1. The van der Waals surface area contributed by atoms with Gasteiger partial charge in [-0.25, -0.2) is 13.4 Å². The fourth-order valence-electron chi connectivity index (χ4n) is 3.40. The number of benzene rings is 1. The summed E-state index contributed by atoms with van der Waals surface area (Å²) < 4.78 is 27.3. The standard InChI is InChI=1S/C20H18Cl2N4O3S2/c21-15-4-1-5-16(22)18(15)31(28,29)26-9-6-13(7-10-26)19(27)25-20-24-17(12-30-20)14-3-2-8-23-11-14/h1-5,8,11-13H,6-7,9-10H2,(H,24,25,27). The molecule has 3 heterocycles. The van der Waals surface area contributed by atoms with Gasteiger partial charge in [0.1, 0.15) is 4.90 Å². The number of hydrogen-bond donors (Lipinski definition) is 1. The van der Waals surface area contributed by atoms with E-state index in [1.165, 1.54) is 27.8 Å². The van der Waals surface area contributed by atoms with Crippen molar-refractivity contribution in [2.24, 2.45) is 5.92 Å². The van der Waals surface area contributed by atoms with Gasteiger partial charge in [0.05, 0.1) is 15.7 Å². The molecule has 1 aliphatic heterocycles. The highest BCUT2D eigenvalue weighted by Gasteiger charge is 2.34. The number of rotatable bonds is 5. The van der Waals surface area contributed by atoms with E-state index in [0.29, 0.717) is 18.0 Å². The highest BCUT2D eigenvalue weighted by Crippen LogP contribution is 2.33. The third-order valence-corrected chi connectivity index (χ3v) is 8.65. The number of thiazole rings is 1. The van der Waals surface area contributed by atoms with E-state index in [1.807, 2.05) is 17.5 Å². The van der Waals surface area contributed by atoms with E-state index in [1.54, 1.807) is 18.5 Å². The number of nitrogens with zero attached hydrogens (tertiary/aromatic N) is 3. The molecule has 1 aliphatic rings. The first-order chi connectivity index (χ1) is 14.9. The minimum Gasteiger partial charge on any atom is -0.302 e. The number of carbonyl (C=O) groups is 1. The van der Waals surface area contributed by atoms with Gasteiger partial charge in [-0.05, 0) is 37.1 Å². The van der Waals surface area contributed by atoms with Gasteiger partial charge in [0.2, 0.25) is 15.9 Å². The summed E-state index contributed by atoms with van der Waals surface area (Å²) in [4.78, 5) is 21.1. The zero-order chi connectivity index (χ0) is 22.0. The number of hydrogen-bond acceptors (Lipinski definition) is 6. The van der Waals surface area contributed by atoms with Crippen molar-refractivity contribution in [3.05, 3.63) is 58.2 Å². The van der Waals surface area contributed by atoms with Crippen molar-refractivity contribution >= 4 is 55.6 Å². The lowest BCUT2D eigenvalue weighted by Crippen LogP contribution is -2.41. The molecule has 3 aromatic rings. The van der Waals surface area contributed by atoms with Gasteiger partial charge in [0.25, 0.3) is 0 Å². The summed E-state index contributed by atoms with van der Waals surface area (Å²) in [6, 6.07) is 8.31. The molecule has 2 aromatic heterocycles. The van der Waals surface area contributed by atoms with Crippen molar-refractivity contribution in [2.75, 3.05) is 18.4 Å². The molecule has 11 heteroatoms. The molecule has 1 saturated heterocycles. The number of aromatic nitrogens is 2. The molecule has 1 aromatic carbocycles. The summed E-state index contributed by atoms with van der Waals surface area (Å²) >= 11 is 13.5. The molecule has 1 amide bonds. The third-order valence-electron chi connectivity index (χ3n) is 5.03. The van der Waals surface area contributed by atoms with Crippen LogP contribution >= 0.6 is 34.5 Å². The average molecular weight is 497 g/mol. The minimum absolute atomic E-state index is 0.0838. The Hall–Kier alpha value is -2.04. The Balaban J connectivity index is 1.39. The largest absolute Gasteiger partial charge is 0.302 e. The molecule has 0 atom stereocenters. The summed E-state index contributed by atoms with van der Waals surface area (Å²) in [5.74, 6) is -0.473. The van der Waals surface area contributed by atoms with Crippen LogP contribution in [0.15, 0.2) is 53.0 Å². The van der Waals surface area contributed by atoms with Crippen LogP contribution in [0.2, 0.25) is 10.0 Å². The van der Waals surface area contributed by atoms with E-state index in [-0.39, 0.29) is 39.9 Å². The molecule has 0 bridgehead atoms. The number of piperidine rings is 1. The average Bonchev–Trinajstić information content (AvgIpc) is 3.22. The molecule has 0 unspecified atom stereocenters. The number of pyridine rings is 1. The molecule has 0 aliphatic carbocycles. The minimum atomic E-state index is -3.84. The van der Waals surface area contributed by atoms with Gasteiger partial charge in [0, 0.05) is 42.3 Å². The van der Waals surface area contributed by atoms with Gasteiger partial charge in [-0.2, -0.15) is 4.31 Å². The summed E-state index contributed by atoms with van der Waals surface area (Å²) in [5, 5.41) is 5.37. The van der Waals surface area contributed by atoms with E-state index >= 15 is 0 Å². The van der Waals surface area contributed by atoms with Crippen molar-refractivity contribution in [3.8, 4) is 11.3 Å². The summed E-state index contributed by atoms with van der Waals surface area (Å²) in [6.07, 6.45) is 4.19. The Bertz CT molecular complexity index is 1170. The van der Waals surface area contributed by atoms with E-state index in [2.05, 4.69) is 15.3 Å². The van der Waals surface area contributed by atoms with Crippen LogP contribution in [0.4, 0.5) is 5.13 Å². The molecule has 31 heavy (non-hydrogen) atoms. The maximum absolute atomic E-state index is 13.0.